The van der Waals surface area contributed by atoms with Crippen molar-refractivity contribution in [2.24, 2.45) is 0 Å². The van der Waals surface area contributed by atoms with Gasteiger partial charge >= 0.3 is 0 Å². The molecule has 2 rings (SSSR count). The Balaban J connectivity index is 2.16. The topological polar surface area (TPSA) is 24.1 Å². The van der Waals surface area contributed by atoms with E-state index in [1.165, 1.54) is 0 Å². The summed E-state index contributed by atoms with van der Waals surface area (Å²) in [6, 6.07) is 11.3. The first-order valence-corrected chi connectivity index (χ1v) is 7.23. The molecule has 2 aromatic rings. The molecule has 2 N–H and O–H groups in total. The Morgan fingerprint density at radius 1 is 0.950 bits per heavy atom. The van der Waals surface area contributed by atoms with Gasteiger partial charge < -0.3 is 10.6 Å². The predicted octanol–water partition coefficient (Wildman–Crippen LogP) is 5.42. The molecule has 0 aliphatic rings. The molecule has 0 amide bonds. The Labute approximate surface area is 134 Å². The highest BCUT2D eigenvalue weighted by molar-refractivity contribution is 7.80. The van der Waals surface area contributed by atoms with Crippen LogP contribution >= 0.6 is 35.4 Å². The number of benzene rings is 2. The molecule has 0 aliphatic heterocycles. The van der Waals surface area contributed by atoms with Gasteiger partial charge in [0.15, 0.2) is 5.11 Å². The third kappa shape index (κ3) is 3.42. The Bertz CT molecular complexity index is 636. The van der Waals surface area contributed by atoms with E-state index < -0.39 is 0 Å². The van der Waals surface area contributed by atoms with E-state index in [2.05, 4.69) is 10.6 Å². The van der Waals surface area contributed by atoms with Gasteiger partial charge in [-0.05, 0) is 55.4 Å². The van der Waals surface area contributed by atoms with Gasteiger partial charge in [0.25, 0.3) is 0 Å². The SMILES string of the molecule is Cc1cccc(Cl)c1NC(=S)Nc1cccc(Cl)c1C. The molecule has 0 aliphatic carbocycles. The van der Waals surface area contributed by atoms with Crippen LogP contribution in [-0.4, -0.2) is 5.11 Å². The van der Waals surface area contributed by atoms with Gasteiger partial charge in [-0.15, -0.1) is 0 Å². The maximum absolute atomic E-state index is 6.16. The van der Waals surface area contributed by atoms with E-state index in [0.717, 1.165) is 22.5 Å². The Morgan fingerprint density at radius 2 is 1.60 bits per heavy atom. The van der Waals surface area contributed by atoms with E-state index in [4.69, 9.17) is 35.4 Å². The number of anilines is 2. The molecule has 2 aromatic carbocycles. The minimum Gasteiger partial charge on any atom is -0.332 e. The first kappa shape index (κ1) is 15.1. The molecule has 0 heterocycles. The van der Waals surface area contributed by atoms with Crippen molar-refractivity contribution in [3.63, 3.8) is 0 Å². The van der Waals surface area contributed by atoms with E-state index >= 15 is 0 Å². The molecule has 104 valence electrons. The molecule has 0 spiro atoms. The predicted molar refractivity (Wildman–Crippen MR) is 92.2 cm³/mol. The van der Waals surface area contributed by atoms with Crippen molar-refractivity contribution >= 4 is 51.9 Å². The standard InChI is InChI=1S/C15H14Cl2N2S/c1-9-5-3-7-12(17)14(9)19-15(20)18-13-8-4-6-11(16)10(13)2/h3-8H,1-2H3,(H2,18,19,20). The van der Waals surface area contributed by atoms with Crippen molar-refractivity contribution in [1.29, 1.82) is 0 Å². The molecule has 0 saturated heterocycles. The van der Waals surface area contributed by atoms with Crippen molar-refractivity contribution in [2.45, 2.75) is 13.8 Å². The highest BCUT2D eigenvalue weighted by Gasteiger charge is 2.07. The van der Waals surface area contributed by atoms with Crippen LogP contribution in [0.4, 0.5) is 11.4 Å². The molecule has 0 radical (unpaired) electrons. The van der Waals surface area contributed by atoms with Crippen LogP contribution in [0.2, 0.25) is 10.0 Å². The van der Waals surface area contributed by atoms with Gasteiger partial charge in [-0.1, -0.05) is 41.4 Å². The molecule has 0 fully saturated rings. The lowest BCUT2D eigenvalue weighted by molar-refractivity contribution is 1.43. The number of para-hydroxylation sites is 1. The quantitative estimate of drug-likeness (QED) is 0.721. The van der Waals surface area contributed by atoms with Gasteiger partial charge in [-0.3, -0.25) is 0 Å². The summed E-state index contributed by atoms with van der Waals surface area (Å²) in [6.07, 6.45) is 0. The Kier molecular flexibility index (Phi) is 4.86. The Hall–Kier alpha value is -1.29. The number of rotatable bonds is 2. The molecule has 0 bridgehead atoms. The van der Waals surface area contributed by atoms with Crippen molar-refractivity contribution < 1.29 is 0 Å². The van der Waals surface area contributed by atoms with Crippen LogP contribution in [0.25, 0.3) is 0 Å². The van der Waals surface area contributed by atoms with E-state index in [0.29, 0.717) is 15.2 Å². The number of thiocarbonyl (C=S) groups is 1. The summed E-state index contributed by atoms with van der Waals surface area (Å²) in [5, 5.41) is 8.07. The average Bonchev–Trinajstić information content (AvgIpc) is 2.39. The smallest absolute Gasteiger partial charge is 0.175 e. The van der Waals surface area contributed by atoms with Gasteiger partial charge in [0.2, 0.25) is 0 Å². The minimum atomic E-state index is 0.478. The lowest BCUT2D eigenvalue weighted by Gasteiger charge is -2.15. The molecule has 20 heavy (non-hydrogen) atoms. The van der Waals surface area contributed by atoms with Gasteiger partial charge in [-0.25, -0.2) is 0 Å². The summed E-state index contributed by atoms with van der Waals surface area (Å²) in [7, 11) is 0. The van der Waals surface area contributed by atoms with Crippen LogP contribution in [-0.2, 0) is 0 Å². The molecule has 2 nitrogen and oxygen atoms in total. The maximum Gasteiger partial charge on any atom is 0.175 e. The third-order valence-corrected chi connectivity index (χ3v) is 3.90. The zero-order valence-corrected chi connectivity index (χ0v) is 13.5. The summed E-state index contributed by atoms with van der Waals surface area (Å²) in [5.41, 5.74) is 3.67. The van der Waals surface area contributed by atoms with Crippen LogP contribution in [0.5, 0.6) is 0 Å². The van der Waals surface area contributed by atoms with Crippen molar-refractivity contribution in [1.82, 2.24) is 0 Å². The molecule has 0 unspecified atom stereocenters. The summed E-state index contributed by atoms with van der Waals surface area (Å²) >= 11 is 17.6. The van der Waals surface area contributed by atoms with E-state index in [-0.39, 0.29) is 0 Å². The largest absolute Gasteiger partial charge is 0.332 e. The molecule has 5 heteroatoms. The van der Waals surface area contributed by atoms with Crippen molar-refractivity contribution in [3.8, 4) is 0 Å². The second-order valence-corrected chi connectivity index (χ2v) is 5.65. The third-order valence-electron chi connectivity index (χ3n) is 2.98. The van der Waals surface area contributed by atoms with E-state index in [9.17, 15) is 0 Å². The van der Waals surface area contributed by atoms with Gasteiger partial charge in [-0.2, -0.15) is 0 Å². The zero-order chi connectivity index (χ0) is 14.7. The number of nitrogens with one attached hydrogen (secondary N) is 2. The highest BCUT2D eigenvalue weighted by atomic mass is 35.5. The molecular weight excluding hydrogens is 311 g/mol. The lowest BCUT2D eigenvalue weighted by Crippen LogP contribution is -2.20. The number of hydrogen-bond acceptors (Lipinski definition) is 1. The normalized spacial score (nSPS) is 10.2. The maximum atomic E-state index is 6.16. The monoisotopic (exact) mass is 324 g/mol. The van der Waals surface area contributed by atoms with Gasteiger partial charge in [0.05, 0.1) is 10.7 Å². The van der Waals surface area contributed by atoms with Crippen LogP contribution in [0, 0.1) is 13.8 Å². The lowest BCUT2D eigenvalue weighted by atomic mass is 10.2. The molecule has 0 atom stereocenters. The fourth-order valence-electron chi connectivity index (χ4n) is 1.80. The number of halogens is 2. The second-order valence-electron chi connectivity index (χ2n) is 4.42. The second kappa shape index (κ2) is 6.44. The number of hydrogen-bond donors (Lipinski definition) is 2. The summed E-state index contributed by atoms with van der Waals surface area (Å²) in [6.45, 7) is 3.91. The molecular formula is C15H14Cl2N2S. The van der Waals surface area contributed by atoms with Crippen LogP contribution in [0.3, 0.4) is 0 Å². The van der Waals surface area contributed by atoms with Gasteiger partial charge in [0, 0.05) is 10.7 Å². The Morgan fingerprint density at radius 3 is 2.30 bits per heavy atom. The zero-order valence-electron chi connectivity index (χ0n) is 11.1. The van der Waals surface area contributed by atoms with E-state index in [1.807, 2.05) is 50.2 Å². The highest BCUT2D eigenvalue weighted by Crippen LogP contribution is 2.26. The summed E-state index contributed by atoms with van der Waals surface area (Å²) < 4.78 is 0. The molecule has 0 aromatic heterocycles. The summed E-state index contributed by atoms with van der Waals surface area (Å²) in [4.78, 5) is 0. The first-order valence-electron chi connectivity index (χ1n) is 6.07. The van der Waals surface area contributed by atoms with Gasteiger partial charge in [0.1, 0.15) is 0 Å². The fourth-order valence-corrected chi connectivity index (χ4v) is 2.46. The minimum absolute atomic E-state index is 0.478. The number of aryl methyl sites for hydroxylation is 1. The van der Waals surface area contributed by atoms with E-state index in [1.54, 1.807) is 0 Å². The van der Waals surface area contributed by atoms with Crippen LogP contribution in [0.1, 0.15) is 11.1 Å². The average molecular weight is 325 g/mol. The van der Waals surface area contributed by atoms with Crippen LogP contribution < -0.4 is 10.6 Å². The molecule has 0 saturated carbocycles. The fraction of sp³-hybridized carbons (Fsp3) is 0.133. The van der Waals surface area contributed by atoms with Crippen LogP contribution in [0.15, 0.2) is 36.4 Å². The first-order chi connectivity index (χ1) is 9.49. The summed E-state index contributed by atoms with van der Waals surface area (Å²) in [5.74, 6) is 0. The van der Waals surface area contributed by atoms with Crippen molar-refractivity contribution in [3.05, 3.63) is 57.6 Å². The van der Waals surface area contributed by atoms with Crippen molar-refractivity contribution in [2.75, 3.05) is 10.6 Å².